The van der Waals surface area contributed by atoms with E-state index >= 15 is 0 Å². The van der Waals surface area contributed by atoms with Crippen LogP contribution in [-0.4, -0.2) is 32.7 Å². The van der Waals surface area contributed by atoms with Gasteiger partial charge in [-0.15, -0.1) is 0 Å². The molecule has 23 heavy (non-hydrogen) atoms. The molecular formula is C17H24N2O3S. The first-order valence-corrected chi connectivity index (χ1v) is 10.1. The van der Waals surface area contributed by atoms with Gasteiger partial charge in [-0.25, -0.2) is 8.42 Å². The maximum atomic E-state index is 12.3. The predicted octanol–water partition coefficient (Wildman–Crippen LogP) is 2.68. The van der Waals surface area contributed by atoms with Gasteiger partial charge in [-0.05, 0) is 43.5 Å². The fraction of sp³-hybridized carbons (Fsp3) is 0.588. The standard InChI is InChI=1S/C17H24N2O3S/c20-17(18-15-6-3-1-2-4-7-15)14-8-10-16(11-9-14)19-12-5-13-23(19,21)22/h8-11,15H,1-7,12-13H2,(H,18,20). The van der Waals surface area contributed by atoms with Gasteiger partial charge in [0.25, 0.3) is 5.91 Å². The molecule has 0 aromatic heterocycles. The number of sulfonamides is 1. The zero-order valence-electron chi connectivity index (χ0n) is 13.3. The Morgan fingerprint density at radius 2 is 1.65 bits per heavy atom. The summed E-state index contributed by atoms with van der Waals surface area (Å²) in [4.78, 5) is 12.3. The van der Waals surface area contributed by atoms with Crippen LogP contribution in [0.4, 0.5) is 5.69 Å². The normalized spacial score (nSPS) is 21.8. The fourth-order valence-electron chi connectivity index (χ4n) is 3.40. The Hall–Kier alpha value is -1.56. The lowest BCUT2D eigenvalue weighted by molar-refractivity contribution is 0.0933. The van der Waals surface area contributed by atoms with Crippen LogP contribution in [0.25, 0.3) is 0 Å². The predicted molar refractivity (Wildman–Crippen MR) is 91.1 cm³/mol. The second-order valence-electron chi connectivity index (χ2n) is 6.45. The summed E-state index contributed by atoms with van der Waals surface area (Å²) in [5, 5.41) is 3.11. The Labute approximate surface area is 138 Å². The Morgan fingerprint density at radius 1 is 1.00 bits per heavy atom. The van der Waals surface area contributed by atoms with Crippen molar-refractivity contribution in [1.82, 2.24) is 5.32 Å². The average Bonchev–Trinajstić information content (AvgIpc) is 2.74. The fourth-order valence-corrected chi connectivity index (χ4v) is 4.97. The molecule has 1 heterocycles. The van der Waals surface area contributed by atoms with E-state index in [0.29, 0.717) is 24.2 Å². The second kappa shape index (κ2) is 6.91. The molecule has 1 saturated carbocycles. The van der Waals surface area contributed by atoms with Crippen LogP contribution in [0.2, 0.25) is 0 Å². The molecule has 5 nitrogen and oxygen atoms in total. The molecule has 2 aliphatic rings. The summed E-state index contributed by atoms with van der Waals surface area (Å²) in [6.07, 6.45) is 7.63. The topological polar surface area (TPSA) is 66.5 Å². The minimum absolute atomic E-state index is 0.0623. The lowest BCUT2D eigenvalue weighted by atomic mass is 10.1. The molecule has 1 aliphatic heterocycles. The van der Waals surface area contributed by atoms with Gasteiger partial charge >= 0.3 is 0 Å². The van der Waals surface area contributed by atoms with Crippen molar-refractivity contribution < 1.29 is 13.2 Å². The summed E-state index contributed by atoms with van der Waals surface area (Å²) < 4.78 is 25.3. The van der Waals surface area contributed by atoms with Gasteiger partial charge in [0, 0.05) is 18.2 Å². The Bertz CT molecular complexity index is 647. The van der Waals surface area contributed by atoms with Crippen LogP contribution < -0.4 is 9.62 Å². The maximum absolute atomic E-state index is 12.3. The number of nitrogens with one attached hydrogen (secondary N) is 1. The average molecular weight is 336 g/mol. The molecular weight excluding hydrogens is 312 g/mol. The van der Waals surface area contributed by atoms with Crippen LogP contribution in [0.15, 0.2) is 24.3 Å². The molecule has 1 amide bonds. The number of amides is 1. The zero-order chi connectivity index (χ0) is 16.3. The quantitative estimate of drug-likeness (QED) is 0.863. The molecule has 0 atom stereocenters. The summed E-state index contributed by atoms with van der Waals surface area (Å²) in [5.74, 6) is 0.143. The third-order valence-corrected chi connectivity index (χ3v) is 6.58. The van der Waals surface area contributed by atoms with Crippen molar-refractivity contribution in [1.29, 1.82) is 0 Å². The number of hydrogen-bond donors (Lipinski definition) is 1. The molecule has 1 N–H and O–H groups in total. The number of carbonyl (C=O) groups is 1. The first-order chi connectivity index (χ1) is 11.1. The van der Waals surface area contributed by atoms with Gasteiger partial charge in [-0.2, -0.15) is 0 Å². The van der Waals surface area contributed by atoms with E-state index in [2.05, 4.69) is 5.32 Å². The lowest BCUT2D eigenvalue weighted by Crippen LogP contribution is -2.34. The van der Waals surface area contributed by atoms with Crippen molar-refractivity contribution in [2.24, 2.45) is 0 Å². The van der Waals surface area contributed by atoms with Gasteiger partial charge in [0.2, 0.25) is 10.0 Å². The van der Waals surface area contributed by atoms with Gasteiger partial charge in [0.1, 0.15) is 0 Å². The van der Waals surface area contributed by atoms with Crippen molar-refractivity contribution in [3.63, 3.8) is 0 Å². The van der Waals surface area contributed by atoms with Crippen LogP contribution in [0.3, 0.4) is 0 Å². The lowest BCUT2D eigenvalue weighted by Gasteiger charge is -2.18. The van der Waals surface area contributed by atoms with E-state index in [1.807, 2.05) is 0 Å². The second-order valence-corrected chi connectivity index (χ2v) is 8.46. The number of carbonyl (C=O) groups excluding carboxylic acids is 1. The highest BCUT2D eigenvalue weighted by atomic mass is 32.2. The molecule has 2 fully saturated rings. The monoisotopic (exact) mass is 336 g/mol. The molecule has 1 aromatic rings. The molecule has 0 spiro atoms. The third kappa shape index (κ3) is 3.86. The van der Waals surface area contributed by atoms with E-state index in [4.69, 9.17) is 0 Å². The van der Waals surface area contributed by atoms with E-state index < -0.39 is 10.0 Å². The number of anilines is 1. The smallest absolute Gasteiger partial charge is 0.251 e. The minimum atomic E-state index is -3.17. The number of hydrogen-bond acceptors (Lipinski definition) is 3. The SMILES string of the molecule is O=C(NC1CCCCCC1)c1ccc(N2CCCS2(=O)=O)cc1. The molecule has 126 valence electrons. The van der Waals surface area contributed by atoms with Crippen molar-refractivity contribution in [3.8, 4) is 0 Å². The van der Waals surface area contributed by atoms with Crippen molar-refractivity contribution >= 4 is 21.6 Å². The van der Waals surface area contributed by atoms with Crippen LogP contribution in [0.1, 0.15) is 55.3 Å². The largest absolute Gasteiger partial charge is 0.349 e. The van der Waals surface area contributed by atoms with Crippen molar-refractivity contribution in [3.05, 3.63) is 29.8 Å². The molecule has 0 radical (unpaired) electrons. The van der Waals surface area contributed by atoms with E-state index in [-0.39, 0.29) is 17.7 Å². The van der Waals surface area contributed by atoms with Crippen molar-refractivity contribution in [2.45, 2.75) is 51.0 Å². The van der Waals surface area contributed by atoms with Gasteiger partial charge in [0.15, 0.2) is 0 Å². The highest BCUT2D eigenvalue weighted by molar-refractivity contribution is 7.93. The molecule has 3 rings (SSSR count). The number of nitrogens with zero attached hydrogens (tertiary/aromatic N) is 1. The van der Waals surface area contributed by atoms with E-state index in [1.165, 1.54) is 30.0 Å². The summed E-state index contributed by atoms with van der Waals surface area (Å²) in [6.45, 7) is 0.524. The molecule has 0 unspecified atom stereocenters. The third-order valence-electron chi connectivity index (χ3n) is 4.71. The maximum Gasteiger partial charge on any atom is 0.251 e. The van der Waals surface area contributed by atoms with E-state index in [9.17, 15) is 13.2 Å². The number of rotatable bonds is 3. The first kappa shape index (κ1) is 16.3. The van der Waals surface area contributed by atoms with Crippen LogP contribution in [0.5, 0.6) is 0 Å². The van der Waals surface area contributed by atoms with E-state index in [0.717, 1.165) is 12.8 Å². The molecule has 0 bridgehead atoms. The van der Waals surface area contributed by atoms with Crippen molar-refractivity contribution in [2.75, 3.05) is 16.6 Å². The molecule has 1 aromatic carbocycles. The number of benzene rings is 1. The van der Waals surface area contributed by atoms with Gasteiger partial charge in [0.05, 0.1) is 11.4 Å². The van der Waals surface area contributed by atoms with Gasteiger partial charge < -0.3 is 5.32 Å². The summed E-state index contributed by atoms with van der Waals surface area (Å²) >= 11 is 0. The van der Waals surface area contributed by atoms with Crippen LogP contribution in [-0.2, 0) is 10.0 Å². The summed E-state index contributed by atoms with van der Waals surface area (Å²) in [5.41, 5.74) is 1.24. The van der Waals surface area contributed by atoms with Gasteiger partial charge in [-0.1, -0.05) is 25.7 Å². The Balaban J connectivity index is 1.65. The molecule has 6 heteroatoms. The van der Waals surface area contributed by atoms with Crippen LogP contribution in [0, 0.1) is 0 Å². The van der Waals surface area contributed by atoms with E-state index in [1.54, 1.807) is 24.3 Å². The van der Waals surface area contributed by atoms with Gasteiger partial charge in [-0.3, -0.25) is 9.10 Å². The molecule has 1 aliphatic carbocycles. The Morgan fingerprint density at radius 3 is 2.22 bits per heavy atom. The highest BCUT2D eigenvalue weighted by Gasteiger charge is 2.28. The zero-order valence-corrected chi connectivity index (χ0v) is 14.1. The Kier molecular flexibility index (Phi) is 4.90. The highest BCUT2D eigenvalue weighted by Crippen LogP contribution is 2.24. The summed E-state index contributed by atoms with van der Waals surface area (Å²) in [7, 11) is -3.17. The van der Waals surface area contributed by atoms with Crippen LogP contribution >= 0.6 is 0 Å². The summed E-state index contributed by atoms with van der Waals surface area (Å²) in [6, 6.07) is 7.16. The molecule has 1 saturated heterocycles. The first-order valence-electron chi connectivity index (χ1n) is 8.48. The minimum Gasteiger partial charge on any atom is -0.349 e.